The van der Waals surface area contributed by atoms with Crippen LogP contribution in [0.15, 0.2) is 12.2 Å². The molecule has 1 aliphatic rings. The molecule has 0 spiro atoms. The molecule has 1 unspecified atom stereocenters. The van der Waals surface area contributed by atoms with Gasteiger partial charge < -0.3 is 14.6 Å². The molecule has 0 bridgehead atoms. The van der Waals surface area contributed by atoms with Crippen LogP contribution in [0.2, 0.25) is 0 Å². The second-order valence-corrected chi connectivity index (χ2v) is 4.05. The van der Waals surface area contributed by atoms with Crippen LogP contribution in [0.1, 0.15) is 20.3 Å². The largest absolute Gasteiger partial charge is 0.387 e. The summed E-state index contributed by atoms with van der Waals surface area (Å²) in [5.41, 5.74) is -0.301. The monoisotopic (exact) mass is 186 g/mol. The summed E-state index contributed by atoms with van der Waals surface area (Å²) in [4.78, 5) is 0. The first-order chi connectivity index (χ1) is 5.98. The fraction of sp³-hybridized carbons (Fsp3) is 0.800. The molecular weight excluding hydrogens is 168 g/mol. The predicted molar refractivity (Wildman–Crippen MR) is 50.3 cm³/mol. The second kappa shape index (κ2) is 3.40. The van der Waals surface area contributed by atoms with Crippen LogP contribution >= 0.6 is 0 Å². The van der Waals surface area contributed by atoms with E-state index in [1.807, 2.05) is 26.0 Å². The topological polar surface area (TPSA) is 38.7 Å². The Hall–Kier alpha value is -0.380. The summed E-state index contributed by atoms with van der Waals surface area (Å²) in [6.45, 7) is 3.92. The molecule has 0 aromatic carbocycles. The van der Waals surface area contributed by atoms with Gasteiger partial charge in [0.25, 0.3) is 0 Å². The van der Waals surface area contributed by atoms with Gasteiger partial charge in [-0.3, -0.25) is 0 Å². The Morgan fingerprint density at radius 2 is 1.85 bits per heavy atom. The summed E-state index contributed by atoms with van der Waals surface area (Å²) in [6.07, 6.45) is 3.93. The van der Waals surface area contributed by atoms with Crippen molar-refractivity contribution in [2.75, 3.05) is 14.2 Å². The van der Waals surface area contributed by atoms with Gasteiger partial charge in [-0.05, 0) is 0 Å². The molecule has 1 aliphatic carbocycles. The number of ether oxygens (including phenoxy) is 2. The maximum atomic E-state index is 10.0. The Bertz CT molecular complexity index is 204. The molecule has 0 amide bonds. The minimum absolute atomic E-state index is 0.301. The highest BCUT2D eigenvalue weighted by atomic mass is 16.7. The average Bonchev–Trinajstić information content (AvgIpc) is 2.10. The summed E-state index contributed by atoms with van der Waals surface area (Å²) >= 11 is 0. The molecule has 1 N–H and O–H groups in total. The zero-order chi connectivity index (χ0) is 10.1. The van der Waals surface area contributed by atoms with Crippen LogP contribution in [-0.2, 0) is 9.47 Å². The van der Waals surface area contributed by atoms with Crippen molar-refractivity contribution < 1.29 is 14.6 Å². The number of hydrogen-bond donors (Lipinski definition) is 1. The molecule has 0 heterocycles. The molecule has 3 heteroatoms. The lowest BCUT2D eigenvalue weighted by Gasteiger charge is -2.44. The molecule has 0 radical (unpaired) electrons. The summed E-state index contributed by atoms with van der Waals surface area (Å²) < 4.78 is 10.5. The molecule has 76 valence electrons. The lowest BCUT2D eigenvalue weighted by Crippen LogP contribution is -2.54. The Morgan fingerprint density at radius 1 is 1.31 bits per heavy atom. The summed E-state index contributed by atoms with van der Waals surface area (Å²) in [5, 5.41) is 10.0. The smallest absolute Gasteiger partial charge is 0.198 e. The van der Waals surface area contributed by atoms with Crippen LogP contribution < -0.4 is 0 Å². The van der Waals surface area contributed by atoms with E-state index >= 15 is 0 Å². The molecule has 1 rings (SSSR count). The van der Waals surface area contributed by atoms with E-state index in [9.17, 15) is 5.11 Å². The third-order valence-corrected chi connectivity index (χ3v) is 2.76. The van der Waals surface area contributed by atoms with Crippen molar-refractivity contribution in [2.45, 2.75) is 32.2 Å². The van der Waals surface area contributed by atoms with E-state index in [4.69, 9.17) is 9.47 Å². The van der Waals surface area contributed by atoms with E-state index in [-0.39, 0.29) is 5.41 Å². The first kappa shape index (κ1) is 10.7. The molecule has 0 aromatic rings. The summed E-state index contributed by atoms with van der Waals surface area (Å²) in [7, 11) is 3.12. The van der Waals surface area contributed by atoms with Gasteiger partial charge in [0.2, 0.25) is 0 Å². The van der Waals surface area contributed by atoms with Crippen molar-refractivity contribution in [3.63, 3.8) is 0 Å². The average molecular weight is 186 g/mol. The van der Waals surface area contributed by atoms with Gasteiger partial charge in [0, 0.05) is 26.1 Å². The zero-order valence-corrected chi connectivity index (χ0v) is 8.70. The van der Waals surface area contributed by atoms with Gasteiger partial charge in [-0.1, -0.05) is 26.0 Å². The van der Waals surface area contributed by atoms with Crippen molar-refractivity contribution in [1.82, 2.24) is 0 Å². The van der Waals surface area contributed by atoms with E-state index in [2.05, 4.69) is 0 Å². The van der Waals surface area contributed by atoms with Gasteiger partial charge in [0.05, 0.1) is 0 Å². The summed E-state index contributed by atoms with van der Waals surface area (Å²) in [6, 6.07) is 0. The van der Waals surface area contributed by atoms with Crippen molar-refractivity contribution in [3.8, 4) is 0 Å². The highest BCUT2D eigenvalue weighted by Gasteiger charge is 2.47. The van der Waals surface area contributed by atoms with E-state index in [0.717, 1.165) is 0 Å². The second-order valence-electron chi connectivity index (χ2n) is 4.05. The quantitative estimate of drug-likeness (QED) is 0.522. The fourth-order valence-corrected chi connectivity index (χ4v) is 1.77. The Balaban J connectivity index is 2.97. The lowest BCUT2D eigenvalue weighted by molar-refractivity contribution is -0.277. The zero-order valence-electron chi connectivity index (χ0n) is 8.70. The van der Waals surface area contributed by atoms with Gasteiger partial charge >= 0.3 is 0 Å². The number of methoxy groups -OCH3 is 2. The lowest BCUT2D eigenvalue weighted by atomic mass is 9.76. The van der Waals surface area contributed by atoms with Crippen molar-refractivity contribution in [3.05, 3.63) is 12.2 Å². The first-order valence-electron chi connectivity index (χ1n) is 4.44. The molecular formula is C10H18O3. The van der Waals surface area contributed by atoms with E-state index < -0.39 is 11.9 Å². The van der Waals surface area contributed by atoms with E-state index in [1.165, 1.54) is 0 Å². The van der Waals surface area contributed by atoms with Gasteiger partial charge in [-0.15, -0.1) is 0 Å². The van der Waals surface area contributed by atoms with Crippen LogP contribution in [0.5, 0.6) is 0 Å². The van der Waals surface area contributed by atoms with Gasteiger partial charge in [-0.25, -0.2) is 0 Å². The molecule has 0 fully saturated rings. The van der Waals surface area contributed by atoms with Gasteiger partial charge in [0.15, 0.2) is 5.79 Å². The first-order valence-corrected chi connectivity index (χ1v) is 4.44. The Kier molecular flexibility index (Phi) is 2.80. The molecule has 0 aliphatic heterocycles. The van der Waals surface area contributed by atoms with Crippen LogP contribution in [-0.4, -0.2) is 31.2 Å². The van der Waals surface area contributed by atoms with Crippen molar-refractivity contribution >= 4 is 0 Å². The Labute approximate surface area is 79.3 Å². The van der Waals surface area contributed by atoms with Crippen LogP contribution in [0.3, 0.4) is 0 Å². The third kappa shape index (κ3) is 1.64. The standard InChI is InChI=1S/C10H18O3/c1-9(2)6-5-7-10(12-3,13-4)8(9)11/h5-6,8,11H,7H2,1-4H3. The molecule has 1 atom stereocenters. The highest BCUT2D eigenvalue weighted by Crippen LogP contribution is 2.38. The normalized spacial score (nSPS) is 30.4. The molecule has 3 nitrogen and oxygen atoms in total. The van der Waals surface area contributed by atoms with Gasteiger partial charge in [-0.2, -0.15) is 0 Å². The predicted octanol–water partition coefficient (Wildman–Crippen LogP) is 1.32. The van der Waals surface area contributed by atoms with E-state index in [0.29, 0.717) is 6.42 Å². The van der Waals surface area contributed by atoms with E-state index in [1.54, 1.807) is 14.2 Å². The third-order valence-electron chi connectivity index (χ3n) is 2.76. The van der Waals surface area contributed by atoms with Gasteiger partial charge in [0.1, 0.15) is 6.10 Å². The number of hydrogen-bond acceptors (Lipinski definition) is 3. The molecule has 0 saturated heterocycles. The van der Waals surface area contributed by atoms with Crippen LogP contribution in [0.25, 0.3) is 0 Å². The molecule has 0 aromatic heterocycles. The summed E-state index contributed by atoms with van der Waals surface area (Å²) in [5.74, 6) is -0.877. The van der Waals surface area contributed by atoms with Crippen molar-refractivity contribution in [2.24, 2.45) is 5.41 Å². The number of aliphatic hydroxyl groups is 1. The highest BCUT2D eigenvalue weighted by molar-refractivity contribution is 5.10. The SMILES string of the molecule is COC1(OC)CC=CC(C)(C)C1O. The minimum atomic E-state index is -0.877. The molecule has 13 heavy (non-hydrogen) atoms. The Morgan fingerprint density at radius 3 is 2.23 bits per heavy atom. The maximum absolute atomic E-state index is 10.0. The maximum Gasteiger partial charge on any atom is 0.198 e. The number of rotatable bonds is 2. The van der Waals surface area contributed by atoms with Crippen molar-refractivity contribution in [1.29, 1.82) is 0 Å². The van der Waals surface area contributed by atoms with Crippen LogP contribution in [0, 0.1) is 5.41 Å². The molecule has 0 saturated carbocycles. The number of aliphatic hydroxyl groups excluding tert-OH is 1. The van der Waals surface area contributed by atoms with Crippen LogP contribution in [0.4, 0.5) is 0 Å². The fourth-order valence-electron chi connectivity index (χ4n) is 1.77. The minimum Gasteiger partial charge on any atom is -0.387 e.